The number of hydrogen-bond donors (Lipinski definition) is 3. The average molecular weight is 366 g/mol. The van der Waals surface area contributed by atoms with Gasteiger partial charge in [-0.15, -0.1) is 0 Å². The Morgan fingerprint density at radius 1 is 1.30 bits per heavy atom. The second kappa shape index (κ2) is 8.98. The summed E-state index contributed by atoms with van der Waals surface area (Å²) in [5.74, 6) is -0.363. The summed E-state index contributed by atoms with van der Waals surface area (Å²) in [7, 11) is 0. The Morgan fingerprint density at radius 2 is 1.96 bits per heavy atom. The molecule has 6 heteroatoms. The van der Waals surface area contributed by atoms with E-state index in [0.29, 0.717) is 16.8 Å². The van der Waals surface area contributed by atoms with Crippen molar-refractivity contribution in [2.24, 2.45) is 10.7 Å². The maximum Gasteiger partial charge on any atom is 0.254 e. The van der Waals surface area contributed by atoms with Gasteiger partial charge in [-0.2, -0.15) is 0 Å². The van der Waals surface area contributed by atoms with Crippen LogP contribution in [-0.2, 0) is 11.3 Å². The van der Waals surface area contributed by atoms with Crippen LogP contribution in [0.5, 0.6) is 0 Å². The third-order valence-electron chi connectivity index (χ3n) is 4.39. The van der Waals surface area contributed by atoms with Crippen molar-refractivity contribution in [3.63, 3.8) is 0 Å². The van der Waals surface area contributed by atoms with Gasteiger partial charge in [0.1, 0.15) is 0 Å². The third-order valence-corrected chi connectivity index (χ3v) is 4.39. The molecule has 1 unspecified atom stereocenters. The Kier molecular flexibility index (Phi) is 6.71. The van der Waals surface area contributed by atoms with Gasteiger partial charge in [0, 0.05) is 29.7 Å². The number of nitrogens with one attached hydrogen (secondary N) is 2. The van der Waals surface area contributed by atoms with Crippen LogP contribution in [0.4, 0.5) is 0 Å². The highest BCUT2D eigenvalue weighted by Crippen LogP contribution is 2.17. The molecule has 1 heterocycles. The highest BCUT2D eigenvalue weighted by Gasteiger charge is 2.15. The molecule has 0 radical (unpaired) electrons. The van der Waals surface area contributed by atoms with Crippen molar-refractivity contribution < 1.29 is 4.79 Å². The number of carbonyl (C=O) groups excluding carboxylic acids is 1. The lowest BCUT2D eigenvalue weighted by Gasteiger charge is -2.12. The number of nitrogens with zero attached hydrogens (tertiary/aromatic N) is 1. The van der Waals surface area contributed by atoms with Crippen LogP contribution >= 0.6 is 0 Å². The molecule has 1 aromatic heterocycles. The molecule has 0 aliphatic carbocycles. The van der Waals surface area contributed by atoms with Crippen LogP contribution in [-0.4, -0.2) is 16.6 Å². The van der Waals surface area contributed by atoms with E-state index >= 15 is 0 Å². The minimum Gasteiger partial charge on any atom is -0.404 e. The van der Waals surface area contributed by atoms with Crippen molar-refractivity contribution in [2.75, 3.05) is 0 Å². The van der Waals surface area contributed by atoms with Crippen LogP contribution in [0.1, 0.15) is 42.3 Å². The lowest BCUT2D eigenvalue weighted by molar-refractivity contribution is -0.117. The molecule has 0 fully saturated rings. The van der Waals surface area contributed by atoms with Gasteiger partial charge in [0.25, 0.3) is 11.5 Å². The van der Waals surface area contributed by atoms with E-state index in [1.807, 2.05) is 57.2 Å². The van der Waals surface area contributed by atoms with Gasteiger partial charge in [0.2, 0.25) is 0 Å². The van der Waals surface area contributed by atoms with Crippen molar-refractivity contribution in [1.82, 2.24) is 10.3 Å². The number of nitrogens with two attached hydrogens (primary N) is 1. The lowest BCUT2D eigenvalue weighted by Crippen LogP contribution is -2.31. The second-order valence-corrected chi connectivity index (χ2v) is 6.51. The lowest BCUT2D eigenvalue weighted by atomic mass is 10.1. The van der Waals surface area contributed by atoms with Crippen LogP contribution in [0, 0.1) is 13.8 Å². The minimum absolute atomic E-state index is 0.101. The van der Waals surface area contributed by atoms with E-state index in [9.17, 15) is 9.59 Å². The Morgan fingerprint density at radius 3 is 2.56 bits per heavy atom. The molecule has 0 spiro atoms. The molecule has 27 heavy (non-hydrogen) atoms. The van der Waals surface area contributed by atoms with Crippen LogP contribution in [0.3, 0.4) is 0 Å². The van der Waals surface area contributed by atoms with Gasteiger partial charge in [0.05, 0.1) is 11.6 Å². The Bertz CT molecular complexity index is 927. The first-order valence-corrected chi connectivity index (χ1v) is 8.82. The maximum absolute atomic E-state index is 12.5. The number of carbonyl (C=O) groups is 1. The summed E-state index contributed by atoms with van der Waals surface area (Å²) in [6.07, 6.45) is 1.25. The Balaban J connectivity index is 2.12. The molecule has 1 amide bonds. The number of amides is 1. The number of aryl methyl sites for hydroxylation is 2. The summed E-state index contributed by atoms with van der Waals surface area (Å²) >= 11 is 0. The molecular formula is C21H26N4O2. The highest BCUT2D eigenvalue weighted by atomic mass is 16.2. The summed E-state index contributed by atoms with van der Waals surface area (Å²) < 4.78 is 0. The molecule has 0 bridgehead atoms. The van der Waals surface area contributed by atoms with E-state index in [0.717, 1.165) is 16.8 Å². The summed E-state index contributed by atoms with van der Waals surface area (Å²) in [5.41, 5.74) is 9.49. The van der Waals surface area contributed by atoms with Gasteiger partial charge in [-0.1, -0.05) is 30.3 Å². The van der Waals surface area contributed by atoms with Gasteiger partial charge in [-0.25, -0.2) is 0 Å². The molecule has 0 aliphatic rings. The van der Waals surface area contributed by atoms with Gasteiger partial charge in [-0.05, 0) is 44.9 Å². The SMILES string of the molecule is CC(=NC(C)c1ccccc1)C(=CN)C(=O)NCc1c(C)cc(C)[nH]c1=O. The topological polar surface area (TPSA) is 100 Å². The summed E-state index contributed by atoms with van der Waals surface area (Å²) in [4.78, 5) is 31.9. The summed E-state index contributed by atoms with van der Waals surface area (Å²) in [6.45, 7) is 7.50. The van der Waals surface area contributed by atoms with Gasteiger partial charge in [-0.3, -0.25) is 14.6 Å². The molecule has 142 valence electrons. The smallest absolute Gasteiger partial charge is 0.254 e. The van der Waals surface area contributed by atoms with E-state index in [-0.39, 0.29) is 24.1 Å². The number of benzene rings is 1. The average Bonchev–Trinajstić information content (AvgIpc) is 2.62. The van der Waals surface area contributed by atoms with E-state index in [4.69, 9.17) is 5.73 Å². The largest absolute Gasteiger partial charge is 0.404 e. The zero-order chi connectivity index (χ0) is 20.0. The fourth-order valence-corrected chi connectivity index (χ4v) is 2.89. The first kappa shape index (κ1) is 20.2. The van der Waals surface area contributed by atoms with E-state index in [1.165, 1.54) is 6.20 Å². The van der Waals surface area contributed by atoms with E-state index in [1.54, 1.807) is 6.92 Å². The minimum atomic E-state index is -0.363. The number of aliphatic imine (C=N–C) groups is 1. The van der Waals surface area contributed by atoms with Gasteiger partial charge >= 0.3 is 0 Å². The van der Waals surface area contributed by atoms with Crippen molar-refractivity contribution in [3.8, 4) is 0 Å². The predicted octanol–water partition coefficient (Wildman–Crippen LogP) is 2.67. The van der Waals surface area contributed by atoms with Gasteiger partial charge < -0.3 is 16.0 Å². The van der Waals surface area contributed by atoms with Crippen molar-refractivity contribution in [2.45, 2.75) is 40.3 Å². The Hall–Kier alpha value is -3.15. The summed E-state index contributed by atoms with van der Waals surface area (Å²) in [5, 5.41) is 2.76. The number of hydrogen-bond acceptors (Lipinski definition) is 4. The number of aromatic nitrogens is 1. The number of H-pyrrole nitrogens is 1. The van der Waals surface area contributed by atoms with Crippen molar-refractivity contribution in [3.05, 3.63) is 80.9 Å². The third kappa shape index (κ3) is 5.17. The van der Waals surface area contributed by atoms with Crippen LogP contribution in [0.15, 0.2) is 58.0 Å². The monoisotopic (exact) mass is 366 g/mol. The van der Waals surface area contributed by atoms with Crippen molar-refractivity contribution in [1.29, 1.82) is 0 Å². The highest BCUT2D eigenvalue weighted by molar-refractivity contribution is 6.20. The molecular weight excluding hydrogens is 340 g/mol. The van der Waals surface area contributed by atoms with Crippen LogP contribution in [0.2, 0.25) is 0 Å². The zero-order valence-corrected chi connectivity index (χ0v) is 16.2. The quantitative estimate of drug-likeness (QED) is 0.541. The second-order valence-electron chi connectivity index (χ2n) is 6.51. The van der Waals surface area contributed by atoms with Crippen LogP contribution in [0.25, 0.3) is 0 Å². The first-order valence-electron chi connectivity index (χ1n) is 8.82. The Labute approximate surface area is 159 Å². The van der Waals surface area contributed by atoms with Crippen LogP contribution < -0.4 is 16.6 Å². The molecule has 2 aromatic rings. The molecule has 0 aliphatic heterocycles. The van der Waals surface area contributed by atoms with Crippen molar-refractivity contribution >= 4 is 11.6 Å². The molecule has 1 atom stereocenters. The van der Waals surface area contributed by atoms with E-state index in [2.05, 4.69) is 15.3 Å². The molecule has 6 nitrogen and oxygen atoms in total. The van der Waals surface area contributed by atoms with E-state index < -0.39 is 0 Å². The molecule has 0 saturated heterocycles. The normalized spacial score (nSPS) is 13.3. The fourth-order valence-electron chi connectivity index (χ4n) is 2.89. The fraction of sp³-hybridized carbons (Fsp3) is 0.286. The summed E-state index contributed by atoms with van der Waals surface area (Å²) in [6, 6.07) is 11.6. The maximum atomic E-state index is 12.5. The zero-order valence-electron chi connectivity index (χ0n) is 16.2. The molecule has 1 aromatic carbocycles. The molecule has 0 saturated carbocycles. The molecule has 2 rings (SSSR count). The molecule has 4 N–H and O–H groups in total. The standard InChI is InChI=1S/C21H26N4O2/c1-13-10-14(2)24-21(27)19(13)12-23-20(26)18(11-22)16(4)25-15(3)17-8-6-5-7-9-17/h5-11,15H,12,22H2,1-4H3,(H,23,26)(H,24,27). The van der Waals surface area contributed by atoms with Gasteiger partial charge in [0.15, 0.2) is 0 Å². The number of rotatable bonds is 6. The number of aromatic amines is 1. The predicted molar refractivity (Wildman–Crippen MR) is 109 cm³/mol. The first-order chi connectivity index (χ1) is 12.8. The number of pyridine rings is 1.